The Hall–Kier alpha value is -1.59. The van der Waals surface area contributed by atoms with E-state index in [1.807, 2.05) is 6.92 Å². The zero-order valence-corrected chi connectivity index (χ0v) is 11.5. The van der Waals surface area contributed by atoms with Crippen LogP contribution >= 0.6 is 0 Å². The van der Waals surface area contributed by atoms with Crippen LogP contribution in [-0.4, -0.2) is 48.8 Å². The van der Waals surface area contributed by atoms with E-state index >= 15 is 0 Å². The van der Waals surface area contributed by atoms with E-state index in [1.165, 1.54) is 0 Å². The second-order valence-electron chi connectivity index (χ2n) is 4.74. The Morgan fingerprint density at radius 2 is 2.11 bits per heavy atom. The van der Waals surface area contributed by atoms with E-state index in [0.717, 1.165) is 25.7 Å². The molecule has 0 bridgehead atoms. The molecule has 1 aliphatic heterocycles. The fraction of sp³-hybridized carbons (Fsp3) is 0.769. The molecule has 0 radical (unpaired) electrons. The molecule has 1 heterocycles. The lowest BCUT2D eigenvalue weighted by Crippen LogP contribution is -2.50. The SMILES string of the molecule is CCC1CCCCN1C(=O)C(=O)NCCCNC=O. The zero-order valence-electron chi connectivity index (χ0n) is 11.5. The number of nitrogens with one attached hydrogen (secondary N) is 2. The van der Waals surface area contributed by atoms with Crippen LogP contribution in [-0.2, 0) is 14.4 Å². The second-order valence-corrected chi connectivity index (χ2v) is 4.74. The molecule has 0 aromatic rings. The molecule has 1 aliphatic rings. The number of hydrogen-bond acceptors (Lipinski definition) is 3. The number of likely N-dealkylation sites (tertiary alicyclic amines) is 1. The Bertz CT molecular complexity index is 320. The summed E-state index contributed by atoms with van der Waals surface area (Å²) in [6.07, 6.45) is 5.21. The monoisotopic (exact) mass is 269 g/mol. The van der Waals surface area contributed by atoms with Gasteiger partial charge >= 0.3 is 11.8 Å². The molecule has 108 valence electrons. The first-order chi connectivity index (χ1) is 9.20. The minimum absolute atomic E-state index is 0.198. The van der Waals surface area contributed by atoms with Gasteiger partial charge in [0.05, 0.1) is 0 Å². The highest BCUT2D eigenvalue weighted by Gasteiger charge is 2.29. The van der Waals surface area contributed by atoms with Crippen LogP contribution in [0.5, 0.6) is 0 Å². The first-order valence-electron chi connectivity index (χ1n) is 6.96. The molecule has 0 aromatic heterocycles. The summed E-state index contributed by atoms with van der Waals surface area (Å²) in [5.41, 5.74) is 0. The molecular weight excluding hydrogens is 246 g/mol. The van der Waals surface area contributed by atoms with Crippen LogP contribution in [0, 0.1) is 0 Å². The van der Waals surface area contributed by atoms with Gasteiger partial charge in [0.25, 0.3) is 0 Å². The van der Waals surface area contributed by atoms with Crippen LogP contribution in [0.2, 0.25) is 0 Å². The first kappa shape index (κ1) is 15.5. The van der Waals surface area contributed by atoms with E-state index in [1.54, 1.807) is 4.90 Å². The van der Waals surface area contributed by atoms with Gasteiger partial charge in [0, 0.05) is 25.7 Å². The van der Waals surface area contributed by atoms with Crippen molar-refractivity contribution < 1.29 is 14.4 Å². The maximum atomic E-state index is 12.0. The van der Waals surface area contributed by atoms with Crippen LogP contribution in [0.4, 0.5) is 0 Å². The van der Waals surface area contributed by atoms with Crippen LogP contribution in [0.1, 0.15) is 39.0 Å². The number of nitrogens with zero attached hydrogens (tertiary/aromatic N) is 1. The molecule has 19 heavy (non-hydrogen) atoms. The Morgan fingerprint density at radius 1 is 1.32 bits per heavy atom. The van der Waals surface area contributed by atoms with Crippen LogP contribution in [0.15, 0.2) is 0 Å². The summed E-state index contributed by atoms with van der Waals surface area (Å²) in [4.78, 5) is 35.5. The van der Waals surface area contributed by atoms with Gasteiger partial charge in [0.15, 0.2) is 0 Å². The van der Waals surface area contributed by atoms with Gasteiger partial charge in [-0.05, 0) is 32.1 Å². The van der Waals surface area contributed by atoms with Crippen LogP contribution in [0.25, 0.3) is 0 Å². The van der Waals surface area contributed by atoms with E-state index in [-0.39, 0.29) is 6.04 Å². The van der Waals surface area contributed by atoms with Crippen molar-refractivity contribution in [2.24, 2.45) is 0 Å². The van der Waals surface area contributed by atoms with Crippen molar-refractivity contribution in [3.8, 4) is 0 Å². The Morgan fingerprint density at radius 3 is 2.79 bits per heavy atom. The van der Waals surface area contributed by atoms with Crippen molar-refractivity contribution in [1.29, 1.82) is 0 Å². The molecule has 0 spiro atoms. The smallest absolute Gasteiger partial charge is 0.312 e. The van der Waals surface area contributed by atoms with Crippen molar-refractivity contribution in [1.82, 2.24) is 15.5 Å². The first-order valence-corrected chi connectivity index (χ1v) is 6.96. The van der Waals surface area contributed by atoms with E-state index in [9.17, 15) is 14.4 Å². The molecule has 6 heteroatoms. The van der Waals surface area contributed by atoms with Crippen LogP contribution in [0.3, 0.4) is 0 Å². The number of carbonyl (C=O) groups is 3. The lowest BCUT2D eigenvalue weighted by Gasteiger charge is -2.34. The standard InChI is InChI=1S/C13H23N3O3/c1-2-11-6-3-4-9-16(11)13(19)12(18)15-8-5-7-14-10-17/h10-11H,2-9H2,1H3,(H,14,17)(H,15,18). The largest absolute Gasteiger partial charge is 0.359 e. The van der Waals surface area contributed by atoms with Crippen LogP contribution < -0.4 is 10.6 Å². The van der Waals surface area contributed by atoms with Gasteiger partial charge in [-0.2, -0.15) is 0 Å². The molecule has 1 fully saturated rings. The summed E-state index contributed by atoms with van der Waals surface area (Å²) < 4.78 is 0. The average molecular weight is 269 g/mol. The molecule has 0 saturated carbocycles. The third kappa shape index (κ3) is 4.89. The maximum absolute atomic E-state index is 12.0. The predicted octanol–water partition coefficient (Wildman–Crippen LogP) is 0.0298. The van der Waals surface area contributed by atoms with Gasteiger partial charge in [0.2, 0.25) is 6.41 Å². The zero-order chi connectivity index (χ0) is 14.1. The fourth-order valence-electron chi connectivity index (χ4n) is 2.35. The van der Waals surface area contributed by atoms with Gasteiger partial charge in [0.1, 0.15) is 0 Å². The maximum Gasteiger partial charge on any atom is 0.312 e. The summed E-state index contributed by atoms with van der Waals surface area (Å²) in [7, 11) is 0. The topological polar surface area (TPSA) is 78.5 Å². The third-order valence-corrected chi connectivity index (χ3v) is 3.42. The van der Waals surface area contributed by atoms with E-state index in [4.69, 9.17) is 0 Å². The highest BCUT2D eigenvalue weighted by Crippen LogP contribution is 2.19. The third-order valence-electron chi connectivity index (χ3n) is 3.42. The molecule has 1 unspecified atom stereocenters. The minimum atomic E-state index is -0.536. The van der Waals surface area contributed by atoms with Crippen molar-refractivity contribution in [3.05, 3.63) is 0 Å². The number of carbonyl (C=O) groups excluding carboxylic acids is 3. The van der Waals surface area contributed by atoms with E-state index in [0.29, 0.717) is 32.5 Å². The van der Waals surface area contributed by atoms with Crippen molar-refractivity contribution in [2.75, 3.05) is 19.6 Å². The Kier molecular flexibility index (Phi) is 6.92. The molecule has 3 amide bonds. The van der Waals surface area contributed by atoms with E-state index in [2.05, 4.69) is 10.6 Å². The second kappa shape index (κ2) is 8.50. The molecule has 6 nitrogen and oxygen atoms in total. The average Bonchev–Trinajstić information content (AvgIpc) is 2.46. The van der Waals surface area contributed by atoms with E-state index < -0.39 is 11.8 Å². The summed E-state index contributed by atoms with van der Waals surface area (Å²) in [6.45, 7) is 3.62. The molecule has 1 saturated heterocycles. The molecule has 1 rings (SSSR count). The highest BCUT2D eigenvalue weighted by atomic mass is 16.2. The number of piperidine rings is 1. The molecule has 1 atom stereocenters. The normalized spacial score (nSPS) is 18.8. The summed E-state index contributed by atoms with van der Waals surface area (Å²) in [5, 5.41) is 5.10. The number of rotatable bonds is 6. The van der Waals surface area contributed by atoms with Gasteiger partial charge < -0.3 is 15.5 Å². The molecule has 0 aliphatic carbocycles. The van der Waals surface area contributed by atoms with Gasteiger partial charge in [-0.15, -0.1) is 0 Å². The lowest BCUT2D eigenvalue weighted by molar-refractivity contribution is -0.148. The summed E-state index contributed by atoms with van der Waals surface area (Å²) >= 11 is 0. The van der Waals surface area contributed by atoms with Gasteiger partial charge in [-0.3, -0.25) is 14.4 Å². The minimum Gasteiger partial charge on any atom is -0.359 e. The predicted molar refractivity (Wildman–Crippen MR) is 71.3 cm³/mol. The molecule has 0 aromatic carbocycles. The lowest BCUT2D eigenvalue weighted by atomic mass is 10.00. The van der Waals surface area contributed by atoms with Gasteiger partial charge in [-0.1, -0.05) is 6.92 Å². The summed E-state index contributed by atoms with van der Waals surface area (Å²) in [6, 6.07) is 0.198. The highest BCUT2D eigenvalue weighted by molar-refractivity contribution is 6.35. The molecular formula is C13H23N3O3. The molecule has 2 N–H and O–H groups in total. The van der Waals surface area contributed by atoms with Crippen molar-refractivity contribution >= 4 is 18.2 Å². The van der Waals surface area contributed by atoms with Crippen molar-refractivity contribution in [2.45, 2.75) is 45.1 Å². The number of hydrogen-bond donors (Lipinski definition) is 2. The quantitative estimate of drug-likeness (QED) is 0.406. The van der Waals surface area contributed by atoms with Crippen molar-refractivity contribution in [3.63, 3.8) is 0 Å². The summed E-state index contributed by atoms with van der Waals surface area (Å²) in [5.74, 6) is -0.957. The Labute approximate surface area is 113 Å². The fourth-order valence-corrected chi connectivity index (χ4v) is 2.35. The Balaban J connectivity index is 2.34. The van der Waals surface area contributed by atoms with Gasteiger partial charge in [-0.25, -0.2) is 0 Å². The number of amides is 3.